The Kier molecular flexibility index (Phi) is 5.09. The van der Waals surface area contributed by atoms with Gasteiger partial charge in [-0.25, -0.2) is 8.42 Å². The first-order valence-corrected chi connectivity index (χ1v) is 10.4. The largest absolute Gasteiger partial charge is 0.337 e. The van der Waals surface area contributed by atoms with E-state index in [4.69, 9.17) is 4.52 Å². The molecule has 0 aliphatic heterocycles. The summed E-state index contributed by atoms with van der Waals surface area (Å²) in [5.74, 6) is 0.479. The highest BCUT2D eigenvalue weighted by molar-refractivity contribution is 7.92. The Hall–Kier alpha value is -3.52. The van der Waals surface area contributed by atoms with Crippen LogP contribution in [0.15, 0.2) is 88.4 Å². The van der Waals surface area contributed by atoms with E-state index in [-0.39, 0.29) is 17.3 Å². The number of para-hydroxylation sites is 1. The number of aryl methyl sites for hydroxylation is 1. The van der Waals surface area contributed by atoms with Gasteiger partial charge in [-0.05, 0) is 48.9 Å². The maximum atomic E-state index is 13.4. The van der Waals surface area contributed by atoms with E-state index in [9.17, 15) is 8.42 Å². The summed E-state index contributed by atoms with van der Waals surface area (Å²) in [6, 6.07) is 21.0. The van der Waals surface area contributed by atoms with Crippen molar-refractivity contribution >= 4 is 15.7 Å². The molecule has 0 saturated heterocycles. The highest BCUT2D eigenvalue weighted by Crippen LogP contribution is 2.26. The highest BCUT2D eigenvalue weighted by atomic mass is 32.2. The minimum atomic E-state index is -3.84. The number of hydrogen-bond donors (Lipinski definition) is 0. The van der Waals surface area contributed by atoms with Crippen LogP contribution in [0.2, 0.25) is 0 Å². The number of rotatable bonds is 6. The zero-order valence-corrected chi connectivity index (χ0v) is 16.5. The molecule has 7 nitrogen and oxygen atoms in total. The van der Waals surface area contributed by atoms with Crippen molar-refractivity contribution < 1.29 is 12.9 Å². The van der Waals surface area contributed by atoms with Gasteiger partial charge in [-0.2, -0.15) is 4.98 Å². The van der Waals surface area contributed by atoms with Gasteiger partial charge in [0, 0.05) is 6.20 Å². The van der Waals surface area contributed by atoms with Gasteiger partial charge in [0.15, 0.2) is 0 Å². The maximum absolute atomic E-state index is 13.4. The van der Waals surface area contributed by atoms with Crippen LogP contribution in [0.5, 0.6) is 0 Å². The van der Waals surface area contributed by atoms with Gasteiger partial charge in [-0.3, -0.25) is 9.29 Å². The summed E-state index contributed by atoms with van der Waals surface area (Å²) in [6.45, 7) is 1.75. The summed E-state index contributed by atoms with van der Waals surface area (Å²) in [6.07, 6.45) is 1.63. The average molecular weight is 406 g/mol. The fourth-order valence-corrected chi connectivity index (χ4v) is 4.37. The molecule has 2 aromatic carbocycles. The van der Waals surface area contributed by atoms with Gasteiger partial charge in [-0.1, -0.05) is 41.6 Å². The van der Waals surface area contributed by atoms with Crippen LogP contribution in [0.25, 0.3) is 11.5 Å². The fourth-order valence-electron chi connectivity index (χ4n) is 2.85. The summed E-state index contributed by atoms with van der Waals surface area (Å²) in [5, 5.41) is 3.93. The molecule has 4 rings (SSSR count). The number of sulfonamides is 1. The number of pyridine rings is 1. The summed E-state index contributed by atoms with van der Waals surface area (Å²) >= 11 is 0. The lowest BCUT2D eigenvalue weighted by Crippen LogP contribution is -2.30. The molecule has 0 unspecified atom stereocenters. The average Bonchev–Trinajstić information content (AvgIpc) is 3.22. The first-order chi connectivity index (χ1) is 14.0. The molecule has 0 spiro atoms. The lowest BCUT2D eigenvalue weighted by atomic mass is 10.2. The summed E-state index contributed by atoms with van der Waals surface area (Å²) in [4.78, 5) is 8.71. The van der Waals surface area contributed by atoms with E-state index < -0.39 is 10.0 Å². The second-order valence-corrected chi connectivity index (χ2v) is 8.25. The zero-order valence-electron chi connectivity index (χ0n) is 15.6. The van der Waals surface area contributed by atoms with E-state index in [0.717, 1.165) is 5.56 Å². The highest BCUT2D eigenvalue weighted by Gasteiger charge is 2.27. The minimum absolute atomic E-state index is 0.0971. The monoisotopic (exact) mass is 406 g/mol. The van der Waals surface area contributed by atoms with Crippen molar-refractivity contribution in [2.75, 3.05) is 4.31 Å². The van der Waals surface area contributed by atoms with Crippen LogP contribution in [-0.2, 0) is 16.6 Å². The fraction of sp³-hybridized carbons (Fsp3) is 0.0952. The molecular weight excluding hydrogens is 388 g/mol. The third-order valence-electron chi connectivity index (χ3n) is 4.26. The Morgan fingerprint density at radius 2 is 1.76 bits per heavy atom. The number of benzene rings is 2. The normalized spacial score (nSPS) is 11.3. The van der Waals surface area contributed by atoms with E-state index in [1.807, 2.05) is 25.1 Å². The predicted octanol–water partition coefficient (Wildman–Crippen LogP) is 3.84. The summed E-state index contributed by atoms with van der Waals surface area (Å²) < 4.78 is 33.4. The van der Waals surface area contributed by atoms with E-state index in [2.05, 4.69) is 15.1 Å². The lowest BCUT2D eigenvalue weighted by Gasteiger charge is -2.23. The molecule has 2 aromatic heterocycles. The molecule has 0 saturated carbocycles. The summed E-state index contributed by atoms with van der Waals surface area (Å²) in [5.41, 5.74) is 1.91. The van der Waals surface area contributed by atoms with Crippen molar-refractivity contribution in [3.8, 4) is 11.5 Å². The molecule has 2 heterocycles. The second-order valence-electron chi connectivity index (χ2n) is 6.39. The Morgan fingerprint density at radius 3 is 2.48 bits per heavy atom. The number of aromatic nitrogens is 3. The van der Waals surface area contributed by atoms with Gasteiger partial charge >= 0.3 is 0 Å². The molecule has 0 bridgehead atoms. The quantitative estimate of drug-likeness (QED) is 0.483. The molecule has 0 atom stereocenters. The maximum Gasteiger partial charge on any atom is 0.264 e. The number of hydrogen-bond acceptors (Lipinski definition) is 6. The van der Waals surface area contributed by atoms with Gasteiger partial charge in [-0.15, -0.1) is 0 Å². The molecule has 4 aromatic rings. The number of nitrogens with zero attached hydrogens (tertiary/aromatic N) is 4. The molecule has 146 valence electrons. The minimum Gasteiger partial charge on any atom is -0.337 e. The zero-order chi connectivity index (χ0) is 20.3. The molecule has 0 N–H and O–H groups in total. The Morgan fingerprint density at radius 1 is 0.966 bits per heavy atom. The van der Waals surface area contributed by atoms with E-state index in [1.54, 1.807) is 60.8 Å². The topological polar surface area (TPSA) is 89.2 Å². The summed E-state index contributed by atoms with van der Waals surface area (Å²) in [7, 11) is -3.84. The lowest BCUT2D eigenvalue weighted by molar-refractivity contribution is 0.380. The first-order valence-electron chi connectivity index (χ1n) is 8.92. The molecule has 0 fully saturated rings. The van der Waals surface area contributed by atoms with Gasteiger partial charge in [0.2, 0.25) is 11.7 Å². The van der Waals surface area contributed by atoms with Crippen LogP contribution < -0.4 is 4.31 Å². The smallest absolute Gasteiger partial charge is 0.264 e. The molecule has 8 heteroatoms. The van der Waals surface area contributed by atoms with Crippen LogP contribution >= 0.6 is 0 Å². The first kappa shape index (κ1) is 18.8. The third kappa shape index (κ3) is 4.02. The van der Waals surface area contributed by atoms with Crippen LogP contribution in [0.4, 0.5) is 5.69 Å². The van der Waals surface area contributed by atoms with E-state index in [0.29, 0.717) is 17.2 Å². The molecule has 0 aliphatic rings. The Labute approximate surface area is 168 Å². The van der Waals surface area contributed by atoms with Crippen LogP contribution in [0, 0.1) is 6.92 Å². The van der Waals surface area contributed by atoms with Crippen molar-refractivity contribution in [1.82, 2.24) is 15.1 Å². The Bertz CT molecular complexity index is 1210. The molecule has 29 heavy (non-hydrogen) atoms. The second kappa shape index (κ2) is 7.84. The van der Waals surface area contributed by atoms with Gasteiger partial charge < -0.3 is 4.52 Å². The SMILES string of the molecule is Cc1cccc(S(=O)(=O)N(Cc2nc(-c3ccccn3)no2)c2ccccc2)c1. The van der Waals surface area contributed by atoms with Gasteiger partial charge in [0.05, 0.1) is 10.6 Å². The van der Waals surface area contributed by atoms with Gasteiger partial charge in [0.25, 0.3) is 10.0 Å². The van der Waals surface area contributed by atoms with Crippen LogP contribution in [-0.4, -0.2) is 23.5 Å². The van der Waals surface area contributed by atoms with E-state index >= 15 is 0 Å². The molecule has 0 amide bonds. The predicted molar refractivity (Wildman–Crippen MR) is 109 cm³/mol. The Balaban J connectivity index is 1.72. The van der Waals surface area contributed by atoms with Crippen molar-refractivity contribution in [2.45, 2.75) is 18.4 Å². The van der Waals surface area contributed by atoms with Crippen molar-refractivity contribution in [2.24, 2.45) is 0 Å². The van der Waals surface area contributed by atoms with Crippen molar-refractivity contribution in [3.05, 3.63) is 90.4 Å². The molecule has 0 radical (unpaired) electrons. The third-order valence-corrected chi connectivity index (χ3v) is 6.03. The number of anilines is 1. The van der Waals surface area contributed by atoms with E-state index in [1.165, 1.54) is 4.31 Å². The molecular formula is C21H18N4O3S. The van der Waals surface area contributed by atoms with Crippen LogP contribution in [0.1, 0.15) is 11.5 Å². The van der Waals surface area contributed by atoms with Crippen molar-refractivity contribution in [3.63, 3.8) is 0 Å². The van der Waals surface area contributed by atoms with Gasteiger partial charge in [0.1, 0.15) is 12.2 Å². The molecule has 0 aliphatic carbocycles. The van der Waals surface area contributed by atoms with Crippen LogP contribution in [0.3, 0.4) is 0 Å². The van der Waals surface area contributed by atoms with Crippen molar-refractivity contribution in [1.29, 1.82) is 0 Å². The standard InChI is InChI=1S/C21H18N4O3S/c1-16-8-7-11-18(14-16)29(26,27)25(17-9-3-2-4-10-17)15-20-23-21(24-28-20)19-12-5-6-13-22-19/h2-14H,15H2,1H3.